The fraction of sp³-hybridized carbons (Fsp3) is 0.636. The van der Waals surface area contributed by atoms with Crippen LogP contribution >= 0.6 is 0 Å². The molecule has 76 valence electrons. The van der Waals surface area contributed by atoms with Gasteiger partial charge in [-0.2, -0.15) is 0 Å². The van der Waals surface area contributed by atoms with Crippen molar-refractivity contribution in [3.8, 4) is 0 Å². The Kier molecular flexibility index (Phi) is 2.66. The van der Waals surface area contributed by atoms with Crippen molar-refractivity contribution in [2.45, 2.75) is 38.5 Å². The van der Waals surface area contributed by atoms with E-state index in [0.717, 1.165) is 11.7 Å². The van der Waals surface area contributed by atoms with Gasteiger partial charge >= 0.3 is 0 Å². The maximum absolute atomic E-state index is 5.55. The lowest BCUT2D eigenvalue weighted by Crippen LogP contribution is -2.02. The van der Waals surface area contributed by atoms with Crippen LogP contribution in [-0.2, 0) is 0 Å². The smallest absolute Gasteiger partial charge is 0.131 e. The van der Waals surface area contributed by atoms with E-state index in [2.05, 4.69) is 16.9 Å². The lowest BCUT2D eigenvalue weighted by Gasteiger charge is -2.08. The highest BCUT2D eigenvalue weighted by molar-refractivity contribution is 5.30. The first-order chi connectivity index (χ1) is 6.79. The molecule has 0 aliphatic heterocycles. The molecule has 2 unspecified atom stereocenters. The number of hydrogen-bond acceptors (Lipinski definition) is 3. The zero-order chi connectivity index (χ0) is 9.97. The van der Waals surface area contributed by atoms with E-state index >= 15 is 0 Å². The van der Waals surface area contributed by atoms with Gasteiger partial charge in [-0.05, 0) is 25.2 Å². The van der Waals surface area contributed by atoms with Crippen LogP contribution in [0.25, 0.3) is 0 Å². The van der Waals surface area contributed by atoms with Gasteiger partial charge in [0.15, 0.2) is 0 Å². The van der Waals surface area contributed by atoms with Crippen molar-refractivity contribution < 1.29 is 0 Å². The molecule has 14 heavy (non-hydrogen) atoms. The molecule has 2 atom stereocenters. The summed E-state index contributed by atoms with van der Waals surface area (Å²) in [4.78, 5) is 8.59. The Hall–Kier alpha value is -1.12. The van der Waals surface area contributed by atoms with Gasteiger partial charge in [-0.3, -0.25) is 0 Å². The maximum atomic E-state index is 5.55. The number of rotatable bonds is 2. The van der Waals surface area contributed by atoms with Gasteiger partial charge < -0.3 is 5.73 Å². The second-order valence-corrected chi connectivity index (χ2v) is 4.16. The van der Waals surface area contributed by atoms with E-state index in [9.17, 15) is 0 Å². The largest absolute Gasteiger partial charge is 0.396 e. The molecule has 3 heteroatoms. The Morgan fingerprint density at radius 1 is 1.36 bits per heavy atom. The van der Waals surface area contributed by atoms with Crippen LogP contribution in [0.3, 0.4) is 0 Å². The van der Waals surface area contributed by atoms with Crippen LogP contribution in [0.5, 0.6) is 0 Å². The summed E-state index contributed by atoms with van der Waals surface area (Å²) in [6, 6.07) is 0. The summed E-state index contributed by atoms with van der Waals surface area (Å²) in [6.07, 6.45) is 8.52. The molecular formula is C11H17N3. The highest BCUT2D eigenvalue weighted by atomic mass is 14.9. The fourth-order valence-corrected chi connectivity index (χ4v) is 2.24. The number of aromatic nitrogens is 2. The number of nitrogens with two attached hydrogens (primary N) is 1. The topological polar surface area (TPSA) is 51.8 Å². The van der Waals surface area contributed by atoms with E-state index in [1.54, 1.807) is 12.4 Å². The lowest BCUT2D eigenvalue weighted by molar-refractivity contribution is 0.516. The Balaban J connectivity index is 2.06. The molecule has 3 nitrogen and oxygen atoms in total. The molecule has 0 aromatic carbocycles. The van der Waals surface area contributed by atoms with Gasteiger partial charge in [-0.1, -0.05) is 13.3 Å². The van der Waals surface area contributed by atoms with E-state index in [4.69, 9.17) is 5.73 Å². The molecule has 1 heterocycles. The van der Waals surface area contributed by atoms with Crippen LogP contribution < -0.4 is 5.73 Å². The third kappa shape index (κ3) is 1.86. The zero-order valence-corrected chi connectivity index (χ0v) is 8.61. The predicted octanol–water partition coefficient (Wildman–Crippen LogP) is 2.35. The van der Waals surface area contributed by atoms with Crippen molar-refractivity contribution in [2.75, 3.05) is 5.73 Å². The van der Waals surface area contributed by atoms with Crippen LogP contribution in [0.2, 0.25) is 0 Å². The van der Waals surface area contributed by atoms with Gasteiger partial charge in [0, 0.05) is 5.92 Å². The summed E-state index contributed by atoms with van der Waals surface area (Å²) in [6.45, 7) is 2.26. The molecule has 0 amide bonds. The van der Waals surface area contributed by atoms with Crippen LogP contribution in [0.4, 0.5) is 5.69 Å². The van der Waals surface area contributed by atoms with Crippen LogP contribution in [0.1, 0.15) is 44.3 Å². The van der Waals surface area contributed by atoms with Gasteiger partial charge in [0.25, 0.3) is 0 Å². The van der Waals surface area contributed by atoms with Crippen molar-refractivity contribution in [1.29, 1.82) is 0 Å². The molecule has 2 rings (SSSR count). The van der Waals surface area contributed by atoms with Crippen LogP contribution in [-0.4, -0.2) is 9.97 Å². The van der Waals surface area contributed by atoms with Crippen molar-refractivity contribution in [2.24, 2.45) is 5.92 Å². The number of hydrogen-bond donors (Lipinski definition) is 1. The van der Waals surface area contributed by atoms with E-state index in [1.165, 1.54) is 25.7 Å². The quantitative estimate of drug-likeness (QED) is 0.780. The van der Waals surface area contributed by atoms with Crippen molar-refractivity contribution in [3.05, 3.63) is 18.2 Å². The van der Waals surface area contributed by atoms with Gasteiger partial charge in [-0.15, -0.1) is 0 Å². The fourth-order valence-electron chi connectivity index (χ4n) is 2.24. The summed E-state index contributed by atoms with van der Waals surface area (Å²) in [5.74, 6) is 2.43. The van der Waals surface area contributed by atoms with Crippen molar-refractivity contribution in [1.82, 2.24) is 9.97 Å². The minimum atomic E-state index is 0.570. The third-order valence-corrected chi connectivity index (χ3v) is 3.18. The number of nitrogen functional groups attached to an aromatic ring is 1. The molecule has 0 saturated heterocycles. The maximum Gasteiger partial charge on any atom is 0.131 e. The molecule has 1 saturated carbocycles. The zero-order valence-electron chi connectivity index (χ0n) is 8.61. The number of nitrogens with zero attached hydrogens (tertiary/aromatic N) is 2. The van der Waals surface area contributed by atoms with Gasteiger partial charge in [-0.25, -0.2) is 9.97 Å². The van der Waals surface area contributed by atoms with E-state index < -0.39 is 0 Å². The van der Waals surface area contributed by atoms with Crippen LogP contribution in [0.15, 0.2) is 12.4 Å². The molecule has 1 aromatic rings. The summed E-state index contributed by atoms with van der Waals surface area (Å²) < 4.78 is 0. The summed E-state index contributed by atoms with van der Waals surface area (Å²) >= 11 is 0. The highest BCUT2D eigenvalue weighted by Crippen LogP contribution is 2.37. The Morgan fingerprint density at radius 2 is 2.07 bits per heavy atom. The SMILES string of the molecule is CCC1CCC(c2ncc(N)cn2)C1. The van der Waals surface area contributed by atoms with Gasteiger partial charge in [0.2, 0.25) is 0 Å². The van der Waals surface area contributed by atoms with E-state index in [0.29, 0.717) is 11.6 Å². The minimum Gasteiger partial charge on any atom is -0.396 e. The van der Waals surface area contributed by atoms with Gasteiger partial charge in [0.05, 0.1) is 18.1 Å². The first-order valence-corrected chi connectivity index (χ1v) is 5.37. The Labute approximate surface area is 84.8 Å². The van der Waals surface area contributed by atoms with Crippen molar-refractivity contribution >= 4 is 5.69 Å². The van der Waals surface area contributed by atoms with E-state index in [1.807, 2.05) is 0 Å². The normalized spacial score (nSPS) is 26.6. The molecule has 1 aliphatic carbocycles. The standard InChI is InChI=1S/C11H17N3/c1-2-8-3-4-9(5-8)11-13-6-10(12)7-14-11/h6-9H,2-5,12H2,1H3. The van der Waals surface area contributed by atoms with Crippen molar-refractivity contribution in [3.63, 3.8) is 0 Å². The first kappa shape index (κ1) is 9.44. The Morgan fingerprint density at radius 3 is 2.64 bits per heavy atom. The lowest BCUT2D eigenvalue weighted by atomic mass is 10.0. The average molecular weight is 191 g/mol. The molecule has 0 radical (unpaired) electrons. The highest BCUT2D eigenvalue weighted by Gasteiger charge is 2.26. The molecule has 1 aliphatic rings. The number of anilines is 1. The predicted molar refractivity (Wildman–Crippen MR) is 56.8 cm³/mol. The minimum absolute atomic E-state index is 0.570. The summed E-state index contributed by atoms with van der Waals surface area (Å²) in [5, 5.41) is 0. The second-order valence-electron chi connectivity index (χ2n) is 4.16. The molecule has 1 fully saturated rings. The molecule has 0 bridgehead atoms. The van der Waals surface area contributed by atoms with E-state index in [-0.39, 0.29) is 0 Å². The summed E-state index contributed by atoms with van der Waals surface area (Å²) in [7, 11) is 0. The summed E-state index contributed by atoms with van der Waals surface area (Å²) in [5.41, 5.74) is 6.21. The van der Waals surface area contributed by atoms with Crippen LogP contribution in [0, 0.1) is 5.92 Å². The third-order valence-electron chi connectivity index (χ3n) is 3.18. The molecule has 1 aromatic heterocycles. The molecule has 0 spiro atoms. The molecular weight excluding hydrogens is 174 g/mol. The van der Waals surface area contributed by atoms with Gasteiger partial charge in [0.1, 0.15) is 5.82 Å². The Bertz CT molecular complexity index is 294. The second kappa shape index (κ2) is 3.95. The first-order valence-electron chi connectivity index (χ1n) is 5.37. The monoisotopic (exact) mass is 191 g/mol. The molecule has 2 N–H and O–H groups in total. The average Bonchev–Trinajstić information content (AvgIpc) is 2.67.